The minimum Gasteiger partial charge on any atom is -0.546 e. The number of hydrogen-bond acceptors (Lipinski definition) is 8. The SMILES string of the molecule is Cn1c(C(F)(F)F)cc(=O)n(-c2cc(Oc3cccnc3OCC(=O)[O-])c(N)cc2F)c1=O. The Morgan fingerprint density at radius 2 is 1.91 bits per heavy atom. The summed E-state index contributed by atoms with van der Waals surface area (Å²) >= 11 is 0. The smallest absolute Gasteiger partial charge is 0.431 e. The number of pyridine rings is 1. The number of aliphatic carboxylic acids is 1. The maximum absolute atomic E-state index is 14.6. The highest BCUT2D eigenvalue weighted by Gasteiger charge is 2.35. The van der Waals surface area contributed by atoms with Gasteiger partial charge >= 0.3 is 11.9 Å². The second kappa shape index (κ2) is 8.64. The summed E-state index contributed by atoms with van der Waals surface area (Å²) in [7, 11) is 0.768. The minimum absolute atomic E-state index is 0.144. The third-order valence-corrected chi connectivity index (χ3v) is 4.21. The molecule has 0 unspecified atom stereocenters. The number of carboxylic acids is 1. The molecule has 174 valence electrons. The van der Waals surface area contributed by atoms with Gasteiger partial charge in [-0.15, -0.1) is 0 Å². The van der Waals surface area contributed by atoms with E-state index in [0.717, 1.165) is 13.1 Å². The number of carbonyl (C=O) groups excluding carboxylic acids is 1. The van der Waals surface area contributed by atoms with Gasteiger partial charge in [0.25, 0.3) is 11.4 Å². The highest BCUT2D eigenvalue weighted by atomic mass is 19.4. The second-order valence-corrected chi connectivity index (χ2v) is 6.45. The number of hydrogen-bond donors (Lipinski definition) is 1. The van der Waals surface area contributed by atoms with Crippen molar-refractivity contribution in [1.82, 2.24) is 14.1 Å². The van der Waals surface area contributed by atoms with Crippen LogP contribution in [0, 0.1) is 5.82 Å². The molecule has 0 saturated heterocycles. The van der Waals surface area contributed by atoms with E-state index in [2.05, 4.69) is 4.98 Å². The molecule has 0 saturated carbocycles. The van der Waals surface area contributed by atoms with Gasteiger partial charge in [0.2, 0.25) is 0 Å². The summed E-state index contributed by atoms with van der Waals surface area (Å²) < 4.78 is 64.5. The van der Waals surface area contributed by atoms with Crippen LogP contribution in [0.4, 0.5) is 23.2 Å². The highest BCUT2D eigenvalue weighted by molar-refractivity contribution is 5.66. The largest absolute Gasteiger partial charge is 0.546 e. The summed E-state index contributed by atoms with van der Waals surface area (Å²) in [6.07, 6.45) is -3.75. The van der Waals surface area contributed by atoms with E-state index < -0.39 is 47.2 Å². The lowest BCUT2D eigenvalue weighted by atomic mass is 10.2. The molecule has 0 aliphatic carbocycles. The molecule has 0 aliphatic heterocycles. The molecule has 0 bridgehead atoms. The molecule has 2 N–H and O–H groups in total. The number of nitrogens with zero attached hydrogens (tertiary/aromatic N) is 3. The average molecular weight is 469 g/mol. The molecule has 0 aliphatic rings. The van der Waals surface area contributed by atoms with Gasteiger partial charge in [-0.3, -0.25) is 9.36 Å². The molecule has 0 radical (unpaired) electrons. The van der Waals surface area contributed by atoms with Gasteiger partial charge in [-0.25, -0.2) is 18.7 Å². The lowest BCUT2D eigenvalue weighted by Gasteiger charge is -2.16. The highest BCUT2D eigenvalue weighted by Crippen LogP contribution is 2.35. The van der Waals surface area contributed by atoms with Gasteiger partial charge in [-0.2, -0.15) is 13.2 Å². The fourth-order valence-corrected chi connectivity index (χ4v) is 2.75. The Bertz CT molecular complexity index is 1350. The maximum Gasteiger partial charge on any atom is 0.431 e. The first-order valence-electron chi connectivity index (χ1n) is 8.85. The summed E-state index contributed by atoms with van der Waals surface area (Å²) in [6.45, 7) is -0.867. The molecule has 3 aromatic rings. The second-order valence-electron chi connectivity index (χ2n) is 6.45. The fourth-order valence-electron chi connectivity index (χ4n) is 2.75. The normalized spacial score (nSPS) is 11.3. The van der Waals surface area contributed by atoms with Crippen LogP contribution in [0.1, 0.15) is 5.69 Å². The zero-order valence-electron chi connectivity index (χ0n) is 16.6. The van der Waals surface area contributed by atoms with Crippen LogP contribution in [0.3, 0.4) is 0 Å². The molecular weight excluding hydrogens is 456 g/mol. The van der Waals surface area contributed by atoms with Crippen LogP contribution in [0.5, 0.6) is 17.4 Å². The van der Waals surface area contributed by atoms with Gasteiger partial charge in [-0.05, 0) is 12.1 Å². The van der Waals surface area contributed by atoms with E-state index in [-0.39, 0.29) is 38.3 Å². The van der Waals surface area contributed by atoms with Gasteiger partial charge in [0.05, 0.1) is 17.3 Å². The third kappa shape index (κ3) is 4.78. The lowest BCUT2D eigenvalue weighted by Crippen LogP contribution is -2.41. The predicted octanol–water partition coefficient (Wildman–Crippen LogP) is 0.592. The summed E-state index contributed by atoms with van der Waals surface area (Å²) in [6, 6.07) is 4.33. The number of nitrogen functional groups attached to an aromatic ring is 1. The van der Waals surface area contributed by atoms with E-state index in [1.165, 1.54) is 18.3 Å². The van der Waals surface area contributed by atoms with Crippen molar-refractivity contribution >= 4 is 11.7 Å². The number of anilines is 1. The minimum atomic E-state index is -5.00. The number of nitrogens with two attached hydrogens (primary N) is 1. The number of benzene rings is 1. The van der Waals surface area contributed by atoms with Crippen molar-refractivity contribution in [3.05, 3.63) is 68.9 Å². The zero-order valence-corrected chi connectivity index (χ0v) is 16.6. The Balaban J connectivity index is 2.12. The first-order valence-corrected chi connectivity index (χ1v) is 8.85. The number of rotatable bonds is 6. The average Bonchev–Trinajstić information content (AvgIpc) is 2.72. The van der Waals surface area contributed by atoms with Crippen LogP contribution < -0.4 is 31.6 Å². The molecule has 0 amide bonds. The van der Waals surface area contributed by atoms with Crippen LogP contribution >= 0.6 is 0 Å². The number of halogens is 4. The summed E-state index contributed by atoms with van der Waals surface area (Å²) in [5.74, 6) is -3.54. The molecule has 1 aromatic carbocycles. The topological polar surface area (TPSA) is 142 Å². The fraction of sp³-hybridized carbons (Fsp3) is 0.158. The van der Waals surface area contributed by atoms with Gasteiger partial charge in [0.1, 0.15) is 18.1 Å². The van der Waals surface area contributed by atoms with Crippen LogP contribution in [0.15, 0.2) is 46.1 Å². The molecular formula is C19H13F4N4O6-. The van der Waals surface area contributed by atoms with E-state index in [0.29, 0.717) is 6.07 Å². The van der Waals surface area contributed by atoms with Gasteiger partial charge < -0.3 is 25.1 Å². The van der Waals surface area contributed by atoms with Gasteiger partial charge in [0.15, 0.2) is 11.5 Å². The van der Waals surface area contributed by atoms with Crippen molar-refractivity contribution in [3.63, 3.8) is 0 Å². The molecule has 0 atom stereocenters. The van der Waals surface area contributed by atoms with Crippen molar-refractivity contribution in [2.24, 2.45) is 7.05 Å². The van der Waals surface area contributed by atoms with Crippen molar-refractivity contribution in [2.75, 3.05) is 12.3 Å². The van der Waals surface area contributed by atoms with E-state index in [1.54, 1.807) is 0 Å². The molecule has 0 fully saturated rings. The van der Waals surface area contributed by atoms with Gasteiger partial charge in [-0.1, -0.05) is 0 Å². The van der Waals surface area contributed by atoms with Crippen LogP contribution in [-0.2, 0) is 18.0 Å². The van der Waals surface area contributed by atoms with Crippen molar-refractivity contribution in [1.29, 1.82) is 0 Å². The zero-order chi connectivity index (χ0) is 24.5. The van der Waals surface area contributed by atoms with Gasteiger partial charge in [0, 0.05) is 31.4 Å². The Morgan fingerprint density at radius 3 is 2.55 bits per heavy atom. The Kier molecular flexibility index (Phi) is 6.10. The Hall–Kier alpha value is -4.36. The molecule has 14 heteroatoms. The van der Waals surface area contributed by atoms with E-state index in [9.17, 15) is 37.1 Å². The molecule has 2 aromatic heterocycles. The monoisotopic (exact) mass is 469 g/mol. The number of ether oxygens (including phenoxy) is 2. The summed E-state index contributed by atoms with van der Waals surface area (Å²) in [4.78, 5) is 39.1. The molecule has 33 heavy (non-hydrogen) atoms. The molecule has 10 nitrogen and oxygen atoms in total. The van der Waals surface area contributed by atoms with Crippen LogP contribution in [0.25, 0.3) is 5.69 Å². The quantitative estimate of drug-likeness (QED) is 0.409. The first-order chi connectivity index (χ1) is 15.4. The van der Waals surface area contributed by atoms with Crippen LogP contribution in [-0.4, -0.2) is 26.7 Å². The number of aromatic nitrogens is 3. The van der Waals surface area contributed by atoms with Crippen molar-refractivity contribution in [3.8, 4) is 23.1 Å². The summed E-state index contributed by atoms with van der Waals surface area (Å²) in [5, 5.41) is 10.6. The van der Waals surface area contributed by atoms with Crippen molar-refractivity contribution in [2.45, 2.75) is 6.18 Å². The first kappa shape index (κ1) is 23.3. The van der Waals surface area contributed by atoms with E-state index >= 15 is 0 Å². The number of alkyl halides is 3. The summed E-state index contributed by atoms with van der Waals surface area (Å²) in [5.41, 5.74) is 0.237. The van der Waals surface area contributed by atoms with E-state index in [4.69, 9.17) is 15.2 Å². The van der Waals surface area contributed by atoms with Crippen LogP contribution in [0.2, 0.25) is 0 Å². The van der Waals surface area contributed by atoms with E-state index in [1.807, 2.05) is 0 Å². The number of carboxylic acid groups (broad SMARTS) is 1. The number of carbonyl (C=O) groups is 1. The Labute approximate surface area is 181 Å². The molecule has 2 heterocycles. The molecule has 0 spiro atoms. The predicted molar refractivity (Wildman–Crippen MR) is 101 cm³/mol. The molecule has 3 rings (SSSR count). The van der Waals surface area contributed by atoms with Crippen molar-refractivity contribution < 1.29 is 36.9 Å². The third-order valence-electron chi connectivity index (χ3n) is 4.21. The maximum atomic E-state index is 14.6. The Morgan fingerprint density at radius 1 is 1.21 bits per heavy atom. The standard InChI is InChI=1S/C19H14F4N4O6/c1-26-14(19(21,22)23)7-15(28)27(18(26)31)11-6-13(10(24)5-9(11)20)33-12-3-2-4-25-17(12)32-8-16(29)30/h2-7H,8,24H2,1H3,(H,29,30)/p-1. The lowest BCUT2D eigenvalue weighted by molar-refractivity contribution is -0.307.